The molecular formula is C23H19N3O3. The molecule has 3 N–H and O–H groups in total. The summed E-state index contributed by atoms with van der Waals surface area (Å²) in [5.74, 6) is -1.02. The number of pyridine rings is 1. The molecule has 3 aromatic carbocycles. The van der Waals surface area contributed by atoms with E-state index in [9.17, 15) is 14.4 Å². The van der Waals surface area contributed by atoms with Crippen LogP contribution < -0.4 is 16.5 Å². The highest BCUT2D eigenvalue weighted by atomic mass is 16.2. The Labute approximate surface area is 166 Å². The Bertz CT molecular complexity index is 1290. The van der Waals surface area contributed by atoms with Crippen LogP contribution in [0.1, 0.15) is 11.6 Å². The summed E-state index contributed by atoms with van der Waals surface area (Å²) in [5, 5.41) is 5.23. The van der Waals surface area contributed by atoms with E-state index in [1.54, 1.807) is 41.1 Å². The van der Waals surface area contributed by atoms with Gasteiger partial charge in [0, 0.05) is 17.6 Å². The van der Waals surface area contributed by atoms with Gasteiger partial charge >= 0.3 is 0 Å². The molecule has 4 rings (SSSR count). The van der Waals surface area contributed by atoms with Crippen molar-refractivity contribution < 1.29 is 9.59 Å². The molecule has 0 aliphatic carbocycles. The van der Waals surface area contributed by atoms with Gasteiger partial charge in [-0.1, -0.05) is 48.5 Å². The van der Waals surface area contributed by atoms with Crippen LogP contribution in [0, 0.1) is 0 Å². The van der Waals surface area contributed by atoms with Gasteiger partial charge in [-0.05, 0) is 34.5 Å². The summed E-state index contributed by atoms with van der Waals surface area (Å²) in [7, 11) is 0. The van der Waals surface area contributed by atoms with E-state index in [1.165, 1.54) is 6.07 Å². The van der Waals surface area contributed by atoms with Crippen molar-refractivity contribution in [3.05, 3.63) is 94.8 Å². The average molecular weight is 385 g/mol. The first-order valence-electron chi connectivity index (χ1n) is 9.18. The van der Waals surface area contributed by atoms with E-state index in [2.05, 4.69) is 5.32 Å². The number of carbonyl (C=O) groups is 2. The van der Waals surface area contributed by atoms with Crippen molar-refractivity contribution in [3.63, 3.8) is 0 Å². The molecule has 0 aliphatic rings. The monoisotopic (exact) mass is 385 g/mol. The zero-order chi connectivity index (χ0) is 20.4. The second-order valence-corrected chi connectivity index (χ2v) is 6.83. The van der Waals surface area contributed by atoms with Crippen molar-refractivity contribution in [2.24, 2.45) is 5.73 Å². The summed E-state index contributed by atoms with van der Waals surface area (Å²) in [6, 6.07) is 20.8. The summed E-state index contributed by atoms with van der Waals surface area (Å²) in [6.07, 6.45) is 1.57. The number of carbonyl (C=O) groups excluding carboxylic acids is 2. The Morgan fingerprint density at radius 2 is 1.66 bits per heavy atom. The summed E-state index contributed by atoms with van der Waals surface area (Å²) < 4.78 is 1.67. The largest absolute Gasteiger partial charge is 0.368 e. The molecule has 0 saturated carbocycles. The van der Waals surface area contributed by atoms with Crippen molar-refractivity contribution in [2.75, 3.05) is 0 Å². The Hall–Kier alpha value is -3.93. The van der Waals surface area contributed by atoms with Gasteiger partial charge in [-0.3, -0.25) is 14.4 Å². The van der Waals surface area contributed by atoms with Gasteiger partial charge in [0.05, 0.1) is 5.52 Å². The third-order valence-electron chi connectivity index (χ3n) is 4.90. The van der Waals surface area contributed by atoms with Crippen LogP contribution >= 0.6 is 0 Å². The topological polar surface area (TPSA) is 94.2 Å². The number of benzene rings is 3. The SMILES string of the molecule is NC(=O)C(NC(=O)Cn1ccc(=O)c2ccccc21)c1ccc2ccccc2c1. The lowest BCUT2D eigenvalue weighted by molar-refractivity contribution is -0.127. The van der Waals surface area contributed by atoms with Crippen molar-refractivity contribution in [3.8, 4) is 0 Å². The molecule has 0 spiro atoms. The first-order chi connectivity index (χ1) is 14.0. The molecule has 1 atom stereocenters. The molecule has 29 heavy (non-hydrogen) atoms. The van der Waals surface area contributed by atoms with Gasteiger partial charge in [0.25, 0.3) is 0 Å². The highest BCUT2D eigenvalue weighted by Gasteiger charge is 2.21. The fourth-order valence-corrected chi connectivity index (χ4v) is 3.47. The predicted octanol–water partition coefficient (Wildman–Crippen LogP) is 2.50. The van der Waals surface area contributed by atoms with Crippen LogP contribution in [0.3, 0.4) is 0 Å². The Balaban J connectivity index is 1.61. The number of amides is 2. The highest BCUT2D eigenvalue weighted by molar-refractivity contribution is 5.90. The van der Waals surface area contributed by atoms with Crippen LogP contribution in [0.25, 0.3) is 21.7 Å². The van der Waals surface area contributed by atoms with E-state index in [0.29, 0.717) is 16.5 Å². The summed E-state index contributed by atoms with van der Waals surface area (Å²) in [6.45, 7) is -0.0435. The van der Waals surface area contributed by atoms with Crippen LogP contribution in [-0.2, 0) is 16.1 Å². The zero-order valence-corrected chi connectivity index (χ0v) is 15.5. The summed E-state index contributed by atoms with van der Waals surface area (Å²) >= 11 is 0. The Kier molecular flexibility index (Phi) is 4.83. The molecule has 6 heteroatoms. The lowest BCUT2D eigenvalue weighted by Crippen LogP contribution is -2.39. The maximum Gasteiger partial charge on any atom is 0.244 e. The van der Waals surface area contributed by atoms with Crippen LogP contribution in [0.5, 0.6) is 0 Å². The average Bonchev–Trinajstić information content (AvgIpc) is 2.74. The molecular weight excluding hydrogens is 366 g/mol. The number of hydrogen-bond donors (Lipinski definition) is 2. The molecule has 4 aromatic rings. The van der Waals surface area contributed by atoms with E-state index in [-0.39, 0.29) is 17.9 Å². The molecule has 1 aromatic heterocycles. The number of fused-ring (bicyclic) bond motifs is 2. The molecule has 0 bridgehead atoms. The number of nitrogens with zero attached hydrogens (tertiary/aromatic N) is 1. The molecule has 1 heterocycles. The third-order valence-corrected chi connectivity index (χ3v) is 4.90. The maximum atomic E-state index is 12.7. The standard InChI is InChI=1S/C23H19N3O3/c24-23(29)22(17-10-9-15-5-1-2-6-16(15)13-17)25-21(28)14-26-12-11-20(27)18-7-3-4-8-19(18)26/h1-13,22H,14H2,(H2,24,29)(H,25,28). The quantitative estimate of drug-likeness (QED) is 0.553. The fourth-order valence-electron chi connectivity index (χ4n) is 3.47. The van der Waals surface area contributed by atoms with E-state index >= 15 is 0 Å². The Morgan fingerprint density at radius 1 is 0.931 bits per heavy atom. The van der Waals surface area contributed by atoms with Gasteiger partial charge in [-0.2, -0.15) is 0 Å². The smallest absolute Gasteiger partial charge is 0.244 e. The van der Waals surface area contributed by atoms with Gasteiger partial charge in [-0.15, -0.1) is 0 Å². The number of nitrogens with one attached hydrogen (secondary N) is 1. The van der Waals surface area contributed by atoms with Gasteiger partial charge in [0.15, 0.2) is 5.43 Å². The lowest BCUT2D eigenvalue weighted by Gasteiger charge is -2.18. The molecule has 0 radical (unpaired) electrons. The summed E-state index contributed by atoms with van der Waals surface area (Å²) in [4.78, 5) is 36.7. The van der Waals surface area contributed by atoms with E-state index < -0.39 is 11.9 Å². The van der Waals surface area contributed by atoms with Crippen molar-refractivity contribution in [1.29, 1.82) is 0 Å². The maximum absolute atomic E-state index is 12.7. The minimum Gasteiger partial charge on any atom is -0.368 e. The van der Waals surface area contributed by atoms with Crippen LogP contribution in [0.4, 0.5) is 0 Å². The molecule has 1 unspecified atom stereocenters. The molecule has 0 fully saturated rings. The zero-order valence-electron chi connectivity index (χ0n) is 15.5. The van der Waals surface area contributed by atoms with Gasteiger partial charge < -0.3 is 15.6 Å². The number of rotatable bonds is 5. The van der Waals surface area contributed by atoms with E-state index in [4.69, 9.17) is 5.73 Å². The first kappa shape index (κ1) is 18.4. The number of para-hydroxylation sites is 1. The van der Waals surface area contributed by atoms with E-state index in [1.807, 2.05) is 36.4 Å². The predicted molar refractivity (Wildman–Crippen MR) is 112 cm³/mol. The molecule has 144 valence electrons. The second kappa shape index (κ2) is 7.59. The number of primary amides is 1. The van der Waals surface area contributed by atoms with Crippen LogP contribution in [-0.4, -0.2) is 16.4 Å². The Morgan fingerprint density at radius 3 is 2.45 bits per heavy atom. The molecule has 2 amide bonds. The lowest BCUT2D eigenvalue weighted by atomic mass is 10.0. The second-order valence-electron chi connectivity index (χ2n) is 6.83. The minimum absolute atomic E-state index is 0.0435. The van der Waals surface area contributed by atoms with Crippen LogP contribution in [0.15, 0.2) is 83.8 Å². The number of aromatic nitrogens is 1. The normalized spacial score (nSPS) is 12.0. The van der Waals surface area contributed by atoms with Crippen molar-refractivity contribution in [1.82, 2.24) is 9.88 Å². The first-order valence-corrected chi connectivity index (χ1v) is 9.18. The van der Waals surface area contributed by atoms with E-state index in [0.717, 1.165) is 10.8 Å². The van der Waals surface area contributed by atoms with Crippen LogP contribution in [0.2, 0.25) is 0 Å². The van der Waals surface area contributed by atoms with Gasteiger partial charge in [0.2, 0.25) is 11.8 Å². The van der Waals surface area contributed by atoms with Gasteiger partial charge in [-0.25, -0.2) is 0 Å². The highest BCUT2D eigenvalue weighted by Crippen LogP contribution is 2.20. The molecule has 0 aliphatic heterocycles. The third kappa shape index (κ3) is 3.73. The molecule has 0 saturated heterocycles. The minimum atomic E-state index is -0.947. The summed E-state index contributed by atoms with van der Waals surface area (Å²) in [5.41, 5.74) is 6.72. The van der Waals surface area contributed by atoms with Crippen molar-refractivity contribution in [2.45, 2.75) is 12.6 Å². The number of nitrogens with two attached hydrogens (primary N) is 1. The van der Waals surface area contributed by atoms with Gasteiger partial charge in [0.1, 0.15) is 12.6 Å². The van der Waals surface area contributed by atoms with Crippen molar-refractivity contribution >= 4 is 33.5 Å². The fraction of sp³-hybridized carbons (Fsp3) is 0.0870. The molecule has 6 nitrogen and oxygen atoms in total. The number of hydrogen-bond acceptors (Lipinski definition) is 3.